The Kier molecular flexibility index (Phi) is 2.20. The third-order valence-electron chi connectivity index (χ3n) is 3.57. The highest BCUT2D eigenvalue weighted by atomic mass is 35.5. The lowest BCUT2D eigenvalue weighted by atomic mass is 9.94. The first-order valence-corrected chi connectivity index (χ1v) is 5.92. The summed E-state index contributed by atoms with van der Waals surface area (Å²) in [5, 5.41) is 12.5. The second-order valence-electron chi connectivity index (χ2n) is 4.64. The highest BCUT2D eigenvalue weighted by molar-refractivity contribution is 6.31. The van der Waals surface area contributed by atoms with E-state index in [2.05, 4.69) is 18.2 Å². The molecule has 1 aliphatic carbocycles. The second kappa shape index (κ2) is 3.47. The Morgan fingerprint density at radius 2 is 1.81 bits per heavy atom. The fourth-order valence-corrected chi connectivity index (χ4v) is 2.42. The zero-order chi connectivity index (χ0) is 11.2. The van der Waals surface area contributed by atoms with Crippen LogP contribution in [0.2, 0.25) is 5.02 Å². The van der Waals surface area contributed by atoms with Gasteiger partial charge in [0, 0.05) is 10.4 Å². The minimum Gasteiger partial charge on any atom is -0.395 e. The first-order chi connectivity index (χ1) is 7.73. The van der Waals surface area contributed by atoms with Crippen molar-refractivity contribution in [1.82, 2.24) is 0 Å². The maximum Gasteiger partial charge on any atom is 0.0527 e. The highest BCUT2D eigenvalue weighted by Crippen LogP contribution is 2.48. The van der Waals surface area contributed by atoms with E-state index in [1.807, 2.05) is 18.2 Å². The molecule has 2 heteroatoms. The smallest absolute Gasteiger partial charge is 0.0527 e. The van der Waals surface area contributed by atoms with Gasteiger partial charge < -0.3 is 5.11 Å². The molecule has 0 saturated heterocycles. The van der Waals surface area contributed by atoms with Gasteiger partial charge in [0.05, 0.1) is 6.61 Å². The molecule has 0 amide bonds. The molecule has 0 atom stereocenters. The van der Waals surface area contributed by atoms with Crippen LogP contribution in [0.15, 0.2) is 36.4 Å². The monoisotopic (exact) mass is 232 g/mol. The van der Waals surface area contributed by atoms with Crippen LogP contribution in [-0.2, 0) is 5.41 Å². The van der Waals surface area contributed by atoms with Crippen LogP contribution >= 0.6 is 11.6 Å². The summed E-state index contributed by atoms with van der Waals surface area (Å²) in [4.78, 5) is 0. The van der Waals surface area contributed by atoms with Crippen LogP contribution in [0.1, 0.15) is 18.4 Å². The van der Waals surface area contributed by atoms with Gasteiger partial charge >= 0.3 is 0 Å². The number of hydrogen-bond acceptors (Lipinski definition) is 1. The molecule has 0 unspecified atom stereocenters. The number of rotatable bonds is 2. The van der Waals surface area contributed by atoms with E-state index in [4.69, 9.17) is 11.6 Å². The molecule has 82 valence electrons. The van der Waals surface area contributed by atoms with Gasteiger partial charge in [-0.3, -0.25) is 0 Å². The standard InChI is InChI=1S/C14H13ClO/c15-13-4-2-10-1-3-12(7-11(10)8-13)14(9-16)5-6-14/h1-4,7-8,16H,5-6,9H2. The molecule has 3 rings (SSSR count). The number of halogens is 1. The van der Waals surface area contributed by atoms with Gasteiger partial charge in [-0.05, 0) is 41.3 Å². The van der Waals surface area contributed by atoms with Crippen molar-refractivity contribution in [2.75, 3.05) is 6.61 Å². The van der Waals surface area contributed by atoms with Crippen molar-refractivity contribution < 1.29 is 5.11 Å². The molecule has 0 aromatic heterocycles. The first kappa shape index (κ1) is 10.1. The van der Waals surface area contributed by atoms with Crippen LogP contribution in [0.3, 0.4) is 0 Å². The summed E-state index contributed by atoms with van der Waals surface area (Å²) < 4.78 is 0. The quantitative estimate of drug-likeness (QED) is 0.840. The molecule has 2 aromatic rings. The summed E-state index contributed by atoms with van der Waals surface area (Å²) >= 11 is 5.99. The van der Waals surface area contributed by atoms with E-state index in [1.54, 1.807) is 0 Å². The van der Waals surface area contributed by atoms with Crippen LogP contribution in [0.25, 0.3) is 10.8 Å². The van der Waals surface area contributed by atoms with Crippen LogP contribution in [0, 0.1) is 0 Å². The fourth-order valence-electron chi connectivity index (χ4n) is 2.24. The van der Waals surface area contributed by atoms with E-state index in [1.165, 1.54) is 10.9 Å². The van der Waals surface area contributed by atoms with Gasteiger partial charge in [-0.1, -0.05) is 35.9 Å². The lowest BCUT2D eigenvalue weighted by Gasteiger charge is -2.12. The molecular weight excluding hydrogens is 220 g/mol. The van der Waals surface area contributed by atoms with Crippen molar-refractivity contribution in [3.05, 3.63) is 47.0 Å². The molecule has 1 N–H and O–H groups in total. The maximum absolute atomic E-state index is 9.41. The lowest BCUT2D eigenvalue weighted by Crippen LogP contribution is -2.11. The van der Waals surface area contributed by atoms with Crippen molar-refractivity contribution in [3.63, 3.8) is 0 Å². The zero-order valence-electron chi connectivity index (χ0n) is 8.91. The Morgan fingerprint density at radius 1 is 1.06 bits per heavy atom. The molecule has 0 bridgehead atoms. The van der Waals surface area contributed by atoms with Gasteiger partial charge in [-0.2, -0.15) is 0 Å². The first-order valence-electron chi connectivity index (χ1n) is 5.54. The molecule has 1 saturated carbocycles. The van der Waals surface area contributed by atoms with E-state index < -0.39 is 0 Å². The van der Waals surface area contributed by atoms with Gasteiger partial charge in [-0.15, -0.1) is 0 Å². The molecule has 0 aliphatic heterocycles. The third kappa shape index (κ3) is 1.51. The van der Waals surface area contributed by atoms with Crippen molar-refractivity contribution in [3.8, 4) is 0 Å². The maximum atomic E-state index is 9.41. The molecule has 1 aliphatic rings. The molecule has 2 aromatic carbocycles. The van der Waals surface area contributed by atoms with E-state index in [0.29, 0.717) is 0 Å². The Labute approximate surface area is 99.7 Å². The van der Waals surface area contributed by atoms with E-state index in [0.717, 1.165) is 23.3 Å². The minimum absolute atomic E-state index is 0.0382. The summed E-state index contributed by atoms with van der Waals surface area (Å²) in [5.41, 5.74) is 1.28. The van der Waals surface area contributed by atoms with Crippen LogP contribution < -0.4 is 0 Å². The van der Waals surface area contributed by atoms with Crippen LogP contribution in [-0.4, -0.2) is 11.7 Å². The van der Waals surface area contributed by atoms with Crippen molar-refractivity contribution >= 4 is 22.4 Å². The summed E-state index contributed by atoms with van der Waals surface area (Å²) in [7, 11) is 0. The predicted molar refractivity (Wildman–Crippen MR) is 67.0 cm³/mol. The van der Waals surface area contributed by atoms with E-state index in [-0.39, 0.29) is 12.0 Å². The Balaban J connectivity index is 2.15. The molecular formula is C14H13ClO. The van der Waals surface area contributed by atoms with E-state index >= 15 is 0 Å². The van der Waals surface area contributed by atoms with Gasteiger partial charge in [0.1, 0.15) is 0 Å². The van der Waals surface area contributed by atoms with Crippen LogP contribution in [0.5, 0.6) is 0 Å². The summed E-state index contributed by atoms with van der Waals surface area (Å²) in [6.45, 7) is 0.249. The summed E-state index contributed by atoms with van der Waals surface area (Å²) in [5.74, 6) is 0. The largest absolute Gasteiger partial charge is 0.395 e. The van der Waals surface area contributed by atoms with Gasteiger partial charge in [0.2, 0.25) is 0 Å². The number of aliphatic hydroxyl groups excluding tert-OH is 1. The van der Waals surface area contributed by atoms with Crippen molar-refractivity contribution in [2.24, 2.45) is 0 Å². The normalized spacial score (nSPS) is 17.6. The molecule has 1 nitrogen and oxygen atoms in total. The minimum atomic E-state index is 0.0382. The highest BCUT2D eigenvalue weighted by Gasteiger charge is 2.43. The SMILES string of the molecule is OCC1(c2ccc3ccc(Cl)cc3c2)CC1. The molecule has 1 fully saturated rings. The Bertz CT molecular complexity index is 543. The topological polar surface area (TPSA) is 20.2 Å². The van der Waals surface area contributed by atoms with Gasteiger partial charge in [0.15, 0.2) is 0 Å². The Morgan fingerprint density at radius 3 is 2.50 bits per heavy atom. The van der Waals surface area contributed by atoms with Crippen molar-refractivity contribution in [1.29, 1.82) is 0 Å². The fraction of sp³-hybridized carbons (Fsp3) is 0.286. The van der Waals surface area contributed by atoms with E-state index in [9.17, 15) is 5.11 Å². The van der Waals surface area contributed by atoms with Gasteiger partial charge in [0.25, 0.3) is 0 Å². The van der Waals surface area contributed by atoms with Crippen molar-refractivity contribution in [2.45, 2.75) is 18.3 Å². The van der Waals surface area contributed by atoms with Crippen LogP contribution in [0.4, 0.5) is 0 Å². The third-order valence-corrected chi connectivity index (χ3v) is 3.81. The molecule has 0 radical (unpaired) electrons. The number of hydrogen-bond donors (Lipinski definition) is 1. The van der Waals surface area contributed by atoms with Gasteiger partial charge in [-0.25, -0.2) is 0 Å². The second-order valence-corrected chi connectivity index (χ2v) is 5.08. The summed E-state index contributed by atoms with van der Waals surface area (Å²) in [6, 6.07) is 12.3. The number of aliphatic hydroxyl groups is 1. The molecule has 0 spiro atoms. The zero-order valence-corrected chi connectivity index (χ0v) is 9.67. The predicted octanol–water partition coefficient (Wildman–Crippen LogP) is 3.52. The number of fused-ring (bicyclic) bond motifs is 1. The number of benzene rings is 2. The summed E-state index contributed by atoms with van der Waals surface area (Å²) in [6.07, 6.45) is 2.19. The molecule has 0 heterocycles. The average molecular weight is 233 g/mol. The molecule has 16 heavy (non-hydrogen) atoms. The Hall–Kier alpha value is -1.05. The average Bonchev–Trinajstić information content (AvgIpc) is 3.09. The lowest BCUT2D eigenvalue weighted by molar-refractivity contribution is 0.255.